The number of phosphoric ester groups is 2. The van der Waals surface area contributed by atoms with Gasteiger partial charge in [0.05, 0.1) is 26.4 Å². The molecule has 0 amide bonds. The Morgan fingerprint density at radius 3 is 0.873 bits per heavy atom. The Morgan fingerprint density at radius 1 is 0.324 bits per heavy atom. The molecule has 3 N–H and O–H groups in total. The molecule has 6 atom stereocenters. The molecule has 0 aromatic carbocycles. The van der Waals surface area contributed by atoms with E-state index in [1.54, 1.807) is 0 Å². The molecule has 0 aromatic rings. The van der Waals surface area contributed by atoms with Crippen molar-refractivity contribution in [3.05, 3.63) is 24.3 Å². The summed E-state index contributed by atoms with van der Waals surface area (Å²) in [5, 5.41) is 10.7. The molecule has 0 rings (SSSR count). The van der Waals surface area contributed by atoms with E-state index in [9.17, 15) is 43.2 Å². The zero-order chi connectivity index (χ0) is 75.1. The van der Waals surface area contributed by atoms with E-state index in [2.05, 4.69) is 72.8 Å². The van der Waals surface area contributed by atoms with Crippen LogP contribution in [-0.4, -0.2) is 96.7 Å². The molecule has 0 aliphatic rings. The number of hydrogen-bond donors (Lipinski definition) is 3. The van der Waals surface area contributed by atoms with Crippen molar-refractivity contribution in [2.75, 3.05) is 39.6 Å². The Kier molecular flexibility index (Phi) is 71.0. The Hall–Kier alpha value is -2.46. The van der Waals surface area contributed by atoms with Gasteiger partial charge in [0, 0.05) is 25.7 Å². The average molecular weight is 1490 g/mol. The minimum Gasteiger partial charge on any atom is -0.462 e. The van der Waals surface area contributed by atoms with Gasteiger partial charge in [-0.1, -0.05) is 355 Å². The van der Waals surface area contributed by atoms with Gasteiger partial charge in [-0.3, -0.25) is 37.3 Å². The van der Waals surface area contributed by atoms with Gasteiger partial charge in [0.1, 0.15) is 19.3 Å². The molecule has 602 valence electrons. The maximum atomic E-state index is 13.1. The third-order valence-electron chi connectivity index (χ3n) is 19.1. The maximum absolute atomic E-state index is 13.1. The van der Waals surface area contributed by atoms with Crippen LogP contribution in [0.1, 0.15) is 408 Å². The summed E-state index contributed by atoms with van der Waals surface area (Å²) in [6, 6.07) is 0. The minimum atomic E-state index is -4.97. The molecule has 0 bridgehead atoms. The highest BCUT2D eigenvalue weighted by atomic mass is 31.2. The summed E-state index contributed by atoms with van der Waals surface area (Å²) in [5.74, 6) is 0.219. The van der Waals surface area contributed by atoms with Gasteiger partial charge >= 0.3 is 39.5 Å². The zero-order valence-electron chi connectivity index (χ0n) is 66.6. The molecule has 0 spiro atoms. The molecule has 0 aromatic heterocycles. The lowest BCUT2D eigenvalue weighted by Gasteiger charge is -2.21. The van der Waals surface area contributed by atoms with Gasteiger partial charge in [0.15, 0.2) is 12.2 Å². The molecular weight excluding hydrogens is 1330 g/mol. The summed E-state index contributed by atoms with van der Waals surface area (Å²) in [6.45, 7) is 11.9. The topological polar surface area (TPSA) is 237 Å². The van der Waals surface area contributed by atoms with Gasteiger partial charge in [-0.15, -0.1) is 0 Å². The second-order valence-electron chi connectivity index (χ2n) is 30.4. The SMILES string of the molecule is CCCCCC/C=C\C=C/CCCCCCCC(=O)OC[C@H](COP(=O)(O)OC[C@@H](O)COP(=O)(O)OC[C@@H](COC(=O)CCCCCCCCCCC(C)CC)OC(=O)CCCCCCCCCCCCCC(C)C)OC(=O)CCCCCCCCCCCCCCCCCCCCC(C)C. The van der Waals surface area contributed by atoms with Crippen LogP contribution in [0.25, 0.3) is 0 Å². The first-order valence-electron chi connectivity index (χ1n) is 42.2. The van der Waals surface area contributed by atoms with Crippen LogP contribution in [0.5, 0.6) is 0 Å². The third kappa shape index (κ3) is 74.4. The number of aliphatic hydroxyl groups is 1. The smallest absolute Gasteiger partial charge is 0.462 e. The average Bonchev–Trinajstić information content (AvgIpc) is 0.952. The second kappa shape index (κ2) is 72.7. The van der Waals surface area contributed by atoms with Crippen molar-refractivity contribution in [2.24, 2.45) is 17.8 Å². The van der Waals surface area contributed by atoms with E-state index < -0.39 is 97.5 Å². The summed E-state index contributed by atoms with van der Waals surface area (Å²) >= 11 is 0. The number of carbonyl (C=O) groups excluding carboxylic acids is 4. The fraction of sp³-hybridized carbons (Fsp3) is 0.904. The number of hydrogen-bond acceptors (Lipinski definition) is 15. The highest BCUT2D eigenvalue weighted by molar-refractivity contribution is 7.47. The number of esters is 4. The van der Waals surface area contributed by atoms with E-state index in [0.717, 1.165) is 127 Å². The summed E-state index contributed by atoms with van der Waals surface area (Å²) in [7, 11) is -9.94. The highest BCUT2D eigenvalue weighted by Crippen LogP contribution is 2.45. The van der Waals surface area contributed by atoms with E-state index in [0.29, 0.717) is 25.7 Å². The van der Waals surface area contributed by atoms with E-state index in [1.165, 1.54) is 199 Å². The number of carbonyl (C=O) groups is 4. The van der Waals surface area contributed by atoms with Gasteiger partial charge in [-0.2, -0.15) is 0 Å². The standard InChI is InChI=1S/C83H158O17P2/c1-8-10-11-12-13-14-15-16-21-25-30-35-43-50-57-64-80(85)93-70-78(99-82(87)66-59-52-45-36-31-26-23-20-18-17-19-22-24-28-33-40-47-54-61-74(3)4)72-97-101(89,90)95-68-77(84)69-96-102(91,92)98-73-79(71-94-81(86)65-58-51-44-39-38-42-49-56-63-76(7)9-2)100-83(88)67-60-53-46-37-32-27-29-34-41-48-55-62-75(5)6/h14-16,21,74-79,84H,8-13,17-20,22-73H2,1-7H3,(H,89,90)(H,91,92)/b15-14-,21-16-/t76?,77-,78-,79-/m1/s1. The predicted octanol–water partition coefficient (Wildman–Crippen LogP) is 24.5. The lowest BCUT2D eigenvalue weighted by Crippen LogP contribution is -2.30. The minimum absolute atomic E-state index is 0.101. The van der Waals surface area contributed by atoms with Crippen LogP contribution in [0, 0.1) is 17.8 Å². The van der Waals surface area contributed by atoms with Crippen LogP contribution >= 0.6 is 15.6 Å². The fourth-order valence-electron chi connectivity index (χ4n) is 12.3. The van der Waals surface area contributed by atoms with Crippen molar-refractivity contribution >= 4 is 39.5 Å². The van der Waals surface area contributed by atoms with Crippen LogP contribution in [-0.2, 0) is 65.4 Å². The van der Waals surface area contributed by atoms with Gasteiger partial charge in [0.25, 0.3) is 0 Å². The molecule has 0 saturated carbocycles. The van der Waals surface area contributed by atoms with E-state index in [-0.39, 0.29) is 25.7 Å². The van der Waals surface area contributed by atoms with Crippen LogP contribution in [0.3, 0.4) is 0 Å². The van der Waals surface area contributed by atoms with Crippen molar-refractivity contribution in [3.8, 4) is 0 Å². The van der Waals surface area contributed by atoms with E-state index in [1.807, 2.05) is 0 Å². The van der Waals surface area contributed by atoms with Crippen molar-refractivity contribution in [3.63, 3.8) is 0 Å². The number of phosphoric acid groups is 2. The van der Waals surface area contributed by atoms with Gasteiger partial charge < -0.3 is 33.8 Å². The maximum Gasteiger partial charge on any atom is 0.472 e. The molecule has 102 heavy (non-hydrogen) atoms. The van der Waals surface area contributed by atoms with Crippen molar-refractivity contribution in [1.29, 1.82) is 0 Å². The molecule has 0 radical (unpaired) electrons. The van der Waals surface area contributed by atoms with Crippen molar-refractivity contribution in [1.82, 2.24) is 0 Å². The lowest BCUT2D eigenvalue weighted by atomic mass is 9.99. The Balaban J connectivity index is 5.28. The molecule has 0 aliphatic carbocycles. The van der Waals surface area contributed by atoms with E-state index in [4.69, 9.17) is 37.0 Å². The first-order chi connectivity index (χ1) is 49.3. The molecular formula is C83H158O17P2. The molecule has 0 saturated heterocycles. The summed E-state index contributed by atoms with van der Waals surface area (Å²) in [6.07, 6.45) is 64.6. The Bertz CT molecular complexity index is 2070. The predicted molar refractivity (Wildman–Crippen MR) is 418 cm³/mol. The summed E-state index contributed by atoms with van der Waals surface area (Å²) in [4.78, 5) is 73.1. The number of allylic oxidation sites excluding steroid dienone is 4. The molecule has 0 aliphatic heterocycles. The Morgan fingerprint density at radius 2 is 0.578 bits per heavy atom. The number of unbranched alkanes of at least 4 members (excludes halogenated alkanes) is 43. The number of ether oxygens (including phenoxy) is 4. The van der Waals surface area contributed by atoms with Crippen LogP contribution in [0.4, 0.5) is 0 Å². The second-order valence-corrected chi connectivity index (χ2v) is 33.3. The van der Waals surface area contributed by atoms with E-state index >= 15 is 0 Å². The molecule has 3 unspecified atom stereocenters. The number of aliphatic hydroxyl groups excluding tert-OH is 1. The Labute approximate surface area is 624 Å². The molecule has 17 nitrogen and oxygen atoms in total. The van der Waals surface area contributed by atoms with Gasteiger partial charge in [-0.25, -0.2) is 9.13 Å². The molecule has 0 fully saturated rings. The normalized spacial score (nSPS) is 14.4. The molecule has 19 heteroatoms. The van der Waals surface area contributed by atoms with Crippen LogP contribution in [0.2, 0.25) is 0 Å². The first kappa shape index (κ1) is 99.5. The molecule has 0 heterocycles. The van der Waals surface area contributed by atoms with Crippen molar-refractivity contribution < 1.29 is 80.2 Å². The van der Waals surface area contributed by atoms with Gasteiger partial charge in [-0.05, 0) is 69.1 Å². The summed E-state index contributed by atoms with van der Waals surface area (Å²) in [5.41, 5.74) is 0. The fourth-order valence-corrected chi connectivity index (χ4v) is 13.8. The number of rotatable bonds is 79. The highest BCUT2D eigenvalue weighted by Gasteiger charge is 2.30. The lowest BCUT2D eigenvalue weighted by molar-refractivity contribution is -0.161. The third-order valence-corrected chi connectivity index (χ3v) is 21.0. The first-order valence-corrected chi connectivity index (χ1v) is 45.2. The van der Waals surface area contributed by atoms with Gasteiger partial charge in [0.2, 0.25) is 0 Å². The van der Waals surface area contributed by atoms with Crippen molar-refractivity contribution in [2.45, 2.75) is 426 Å². The monoisotopic (exact) mass is 1490 g/mol. The quantitative estimate of drug-likeness (QED) is 0.0169. The summed E-state index contributed by atoms with van der Waals surface area (Å²) < 4.78 is 68.7. The van der Waals surface area contributed by atoms with Crippen LogP contribution in [0.15, 0.2) is 24.3 Å². The zero-order valence-corrected chi connectivity index (χ0v) is 68.4. The largest absolute Gasteiger partial charge is 0.472 e. The van der Waals surface area contributed by atoms with Crippen LogP contribution < -0.4 is 0 Å².